The SMILES string of the molecule is COCOCC1CCN(S(=O)(=O)c2ccc(NC(=O)c3cc(C(F)(F)F)nn3C)cc2)CC1. The van der Waals surface area contributed by atoms with Crippen LogP contribution in [0.4, 0.5) is 18.9 Å². The number of nitrogens with zero attached hydrogens (tertiary/aromatic N) is 3. The Morgan fingerprint density at radius 1 is 1.21 bits per heavy atom. The number of methoxy groups -OCH3 is 1. The topological polar surface area (TPSA) is 103 Å². The largest absolute Gasteiger partial charge is 0.435 e. The molecule has 1 fully saturated rings. The van der Waals surface area contributed by atoms with Gasteiger partial charge in [0.25, 0.3) is 5.91 Å². The molecule has 3 rings (SSSR count). The van der Waals surface area contributed by atoms with Crippen molar-refractivity contribution in [3.8, 4) is 0 Å². The lowest BCUT2D eigenvalue weighted by Crippen LogP contribution is -2.39. The van der Waals surface area contributed by atoms with Gasteiger partial charge >= 0.3 is 6.18 Å². The van der Waals surface area contributed by atoms with Gasteiger partial charge in [-0.3, -0.25) is 9.48 Å². The number of ether oxygens (including phenoxy) is 2. The first kappa shape index (κ1) is 25.1. The minimum atomic E-state index is -4.67. The van der Waals surface area contributed by atoms with Crippen LogP contribution in [0.15, 0.2) is 35.2 Å². The van der Waals surface area contributed by atoms with E-state index in [-0.39, 0.29) is 29.0 Å². The number of nitrogens with one attached hydrogen (secondary N) is 1. The van der Waals surface area contributed by atoms with E-state index in [9.17, 15) is 26.4 Å². The summed E-state index contributed by atoms with van der Waals surface area (Å²) >= 11 is 0. The monoisotopic (exact) mass is 490 g/mol. The molecule has 9 nitrogen and oxygen atoms in total. The van der Waals surface area contributed by atoms with Crippen LogP contribution in [0.1, 0.15) is 29.0 Å². The second-order valence-corrected chi connectivity index (χ2v) is 9.58. The van der Waals surface area contributed by atoms with Crippen LogP contribution in [0.3, 0.4) is 0 Å². The molecule has 1 aliphatic heterocycles. The highest BCUT2D eigenvalue weighted by Gasteiger charge is 2.35. The van der Waals surface area contributed by atoms with Gasteiger partial charge in [0.05, 0.1) is 11.5 Å². The summed E-state index contributed by atoms with van der Waals surface area (Å²) in [6.07, 6.45) is -3.33. The molecule has 0 saturated carbocycles. The molecule has 0 radical (unpaired) electrons. The Morgan fingerprint density at radius 2 is 1.85 bits per heavy atom. The van der Waals surface area contributed by atoms with Crippen LogP contribution in [0, 0.1) is 5.92 Å². The Balaban J connectivity index is 1.62. The molecule has 2 heterocycles. The van der Waals surface area contributed by atoms with Gasteiger partial charge < -0.3 is 14.8 Å². The third kappa shape index (κ3) is 6.10. The molecule has 2 aromatic rings. The molecule has 0 aliphatic carbocycles. The highest BCUT2D eigenvalue weighted by Crippen LogP contribution is 2.29. The third-order valence-corrected chi connectivity index (χ3v) is 7.19. The van der Waals surface area contributed by atoms with Gasteiger partial charge in [0.1, 0.15) is 12.5 Å². The summed E-state index contributed by atoms with van der Waals surface area (Å²) in [5.74, 6) is -0.539. The summed E-state index contributed by atoms with van der Waals surface area (Å²) in [7, 11) is -0.947. The number of hydrogen-bond donors (Lipinski definition) is 1. The number of halogens is 3. The number of carbonyl (C=O) groups excluding carboxylic acids is 1. The summed E-state index contributed by atoms with van der Waals surface area (Å²) in [5, 5.41) is 5.75. The molecule has 1 amide bonds. The zero-order valence-corrected chi connectivity index (χ0v) is 18.9. The van der Waals surface area contributed by atoms with Crippen LogP contribution >= 0.6 is 0 Å². The maximum absolute atomic E-state index is 12.9. The number of aromatic nitrogens is 2. The Hall–Kier alpha value is -2.48. The van der Waals surface area contributed by atoms with Crippen LogP contribution < -0.4 is 5.32 Å². The van der Waals surface area contributed by atoms with Crippen molar-refractivity contribution < 1.29 is 35.9 Å². The Bertz CT molecular complexity index is 1060. The summed E-state index contributed by atoms with van der Waals surface area (Å²) in [6.45, 7) is 1.44. The molecule has 13 heteroatoms. The molecule has 33 heavy (non-hydrogen) atoms. The average molecular weight is 491 g/mol. The van der Waals surface area contributed by atoms with Crippen LogP contribution in [0.25, 0.3) is 0 Å². The Kier molecular flexibility index (Phi) is 7.77. The van der Waals surface area contributed by atoms with E-state index in [1.54, 1.807) is 0 Å². The summed E-state index contributed by atoms with van der Waals surface area (Å²) < 4.78 is 76.6. The lowest BCUT2D eigenvalue weighted by molar-refractivity contribution is -0.141. The van der Waals surface area contributed by atoms with Crippen molar-refractivity contribution in [2.45, 2.75) is 23.9 Å². The number of sulfonamides is 1. The van der Waals surface area contributed by atoms with Crippen LogP contribution in [-0.2, 0) is 32.7 Å². The number of piperidine rings is 1. The number of amides is 1. The van der Waals surface area contributed by atoms with Crippen molar-refractivity contribution in [2.75, 3.05) is 38.9 Å². The number of anilines is 1. The van der Waals surface area contributed by atoms with E-state index in [0.717, 1.165) is 4.68 Å². The van der Waals surface area contributed by atoms with Gasteiger partial charge in [0.2, 0.25) is 10.0 Å². The van der Waals surface area contributed by atoms with Gasteiger partial charge in [-0.05, 0) is 43.0 Å². The van der Waals surface area contributed by atoms with E-state index in [4.69, 9.17) is 9.47 Å². The fourth-order valence-electron chi connectivity index (χ4n) is 3.49. The van der Waals surface area contributed by atoms with Gasteiger partial charge in [-0.25, -0.2) is 8.42 Å². The van der Waals surface area contributed by atoms with Crippen molar-refractivity contribution in [1.82, 2.24) is 14.1 Å². The molecule has 1 aromatic heterocycles. The molecule has 0 atom stereocenters. The van der Waals surface area contributed by atoms with Crippen molar-refractivity contribution in [2.24, 2.45) is 13.0 Å². The fourth-order valence-corrected chi connectivity index (χ4v) is 4.96. The molecule has 0 unspecified atom stereocenters. The van der Waals surface area contributed by atoms with Gasteiger partial charge in [-0.1, -0.05) is 0 Å². The lowest BCUT2D eigenvalue weighted by Gasteiger charge is -2.31. The van der Waals surface area contributed by atoms with Crippen LogP contribution in [0.2, 0.25) is 0 Å². The molecule has 1 aliphatic rings. The standard InChI is InChI=1S/C20H25F3N4O5S/c1-26-17(11-18(25-26)20(21,22)23)19(28)24-15-3-5-16(6-4-15)33(29,30)27-9-7-14(8-10-27)12-32-13-31-2/h3-6,11,14H,7-10,12-13H2,1-2H3,(H,24,28). The smallest absolute Gasteiger partial charge is 0.359 e. The second-order valence-electron chi connectivity index (χ2n) is 7.64. The molecule has 0 spiro atoms. The molecule has 1 N–H and O–H groups in total. The van der Waals surface area contributed by atoms with E-state index in [2.05, 4.69) is 10.4 Å². The van der Waals surface area contributed by atoms with Crippen molar-refractivity contribution in [1.29, 1.82) is 0 Å². The van der Waals surface area contributed by atoms with Crippen molar-refractivity contribution >= 4 is 21.6 Å². The number of carbonyl (C=O) groups is 1. The van der Waals surface area contributed by atoms with Crippen LogP contribution in [-0.4, -0.2) is 62.0 Å². The van der Waals surface area contributed by atoms with Gasteiger partial charge in [-0.15, -0.1) is 0 Å². The van der Waals surface area contributed by atoms with E-state index in [1.807, 2.05) is 0 Å². The predicted octanol–water partition coefficient (Wildman–Crippen LogP) is 2.71. The predicted molar refractivity (Wildman–Crippen MR) is 112 cm³/mol. The average Bonchev–Trinajstić information content (AvgIpc) is 3.17. The molecule has 182 valence electrons. The number of benzene rings is 1. The molecular formula is C20H25F3N4O5S. The van der Waals surface area contributed by atoms with E-state index >= 15 is 0 Å². The quantitative estimate of drug-likeness (QED) is 0.451. The number of aryl methyl sites for hydroxylation is 1. The van der Waals surface area contributed by atoms with Crippen LogP contribution in [0.5, 0.6) is 0 Å². The summed E-state index contributed by atoms with van der Waals surface area (Å²) in [6, 6.07) is 6.12. The zero-order chi connectivity index (χ0) is 24.2. The highest BCUT2D eigenvalue weighted by molar-refractivity contribution is 7.89. The van der Waals surface area contributed by atoms with Gasteiger partial charge in [-0.2, -0.15) is 22.6 Å². The highest BCUT2D eigenvalue weighted by atomic mass is 32.2. The van der Waals surface area contributed by atoms with Gasteiger partial charge in [0.15, 0.2) is 5.69 Å². The number of hydrogen-bond acceptors (Lipinski definition) is 6. The van der Waals surface area contributed by atoms with E-state index < -0.39 is 27.8 Å². The lowest BCUT2D eigenvalue weighted by atomic mass is 9.99. The molecular weight excluding hydrogens is 465 g/mol. The Labute approximate surface area is 189 Å². The second kappa shape index (κ2) is 10.2. The van der Waals surface area contributed by atoms with E-state index in [1.165, 1.54) is 42.7 Å². The first-order valence-corrected chi connectivity index (χ1v) is 11.6. The van der Waals surface area contributed by atoms with E-state index in [0.29, 0.717) is 38.6 Å². The molecule has 1 aromatic carbocycles. The number of alkyl halides is 3. The first-order chi connectivity index (χ1) is 15.5. The first-order valence-electron chi connectivity index (χ1n) is 10.1. The van der Waals surface area contributed by atoms with Gasteiger partial charge in [0, 0.05) is 39.0 Å². The zero-order valence-electron chi connectivity index (χ0n) is 18.1. The minimum absolute atomic E-state index is 0.0643. The molecule has 1 saturated heterocycles. The normalized spacial score (nSPS) is 16.2. The van der Waals surface area contributed by atoms with Crippen molar-refractivity contribution in [3.05, 3.63) is 41.7 Å². The molecule has 0 bridgehead atoms. The number of rotatable bonds is 8. The van der Waals surface area contributed by atoms with Crippen molar-refractivity contribution in [3.63, 3.8) is 0 Å². The third-order valence-electron chi connectivity index (χ3n) is 5.28. The minimum Gasteiger partial charge on any atom is -0.359 e. The summed E-state index contributed by atoms with van der Waals surface area (Å²) in [5.41, 5.74) is -1.22. The maximum Gasteiger partial charge on any atom is 0.435 e. The summed E-state index contributed by atoms with van der Waals surface area (Å²) in [4.78, 5) is 12.4. The maximum atomic E-state index is 12.9. The fraction of sp³-hybridized carbons (Fsp3) is 0.500. The Morgan fingerprint density at radius 3 is 2.39 bits per heavy atom.